The van der Waals surface area contributed by atoms with Crippen molar-refractivity contribution in [2.75, 3.05) is 18.9 Å². The Bertz CT molecular complexity index is 972. The lowest BCUT2D eigenvalue weighted by molar-refractivity contribution is -0.117. The van der Waals surface area contributed by atoms with E-state index >= 15 is 0 Å². The second-order valence-electron chi connectivity index (χ2n) is 5.83. The second kappa shape index (κ2) is 8.70. The van der Waals surface area contributed by atoms with Gasteiger partial charge in [0.05, 0.1) is 28.8 Å². The zero-order valence-electron chi connectivity index (χ0n) is 14.4. The van der Waals surface area contributed by atoms with Crippen LogP contribution in [0.2, 0.25) is 0 Å². The molecule has 2 aromatic carbocycles. The molecule has 9 heteroatoms. The molecule has 0 aliphatic rings. The molecule has 0 fully saturated rings. The van der Waals surface area contributed by atoms with E-state index in [0.29, 0.717) is 12.1 Å². The minimum absolute atomic E-state index is 0.0974. The van der Waals surface area contributed by atoms with E-state index in [-0.39, 0.29) is 12.2 Å². The molecule has 6 nitrogen and oxygen atoms in total. The number of hydrogen-bond donors (Lipinski definition) is 1. The van der Waals surface area contributed by atoms with Crippen LogP contribution in [-0.4, -0.2) is 38.6 Å². The van der Waals surface area contributed by atoms with Crippen LogP contribution in [0.25, 0.3) is 0 Å². The Balaban J connectivity index is 2.07. The van der Waals surface area contributed by atoms with Gasteiger partial charge < -0.3 is 5.32 Å². The molecule has 27 heavy (non-hydrogen) atoms. The molecule has 0 aromatic heterocycles. The van der Waals surface area contributed by atoms with Gasteiger partial charge in [-0.3, -0.25) is 9.69 Å². The first-order chi connectivity index (χ1) is 12.7. The minimum atomic E-state index is -4.83. The summed E-state index contributed by atoms with van der Waals surface area (Å²) in [6.45, 7) is 0.278. The van der Waals surface area contributed by atoms with Gasteiger partial charge in [-0.1, -0.05) is 24.3 Å². The number of halogens is 2. The maximum atomic E-state index is 12.8. The van der Waals surface area contributed by atoms with Gasteiger partial charge in [0, 0.05) is 6.54 Å². The lowest BCUT2D eigenvalue weighted by Gasteiger charge is -2.17. The number of nitrogens with one attached hydrogen (secondary N) is 1. The SMILES string of the molecule is CN(CC(=O)Nc1ccccc1S(=O)(=O)C(F)F)Cc1cccc(C#N)c1. The monoisotopic (exact) mass is 393 g/mol. The fraction of sp³-hybridized carbons (Fsp3) is 0.222. The number of nitrogens with zero attached hydrogens (tertiary/aromatic N) is 2. The number of amides is 1. The van der Waals surface area contributed by atoms with Crippen LogP contribution in [0.1, 0.15) is 11.1 Å². The molecule has 0 radical (unpaired) electrons. The zero-order chi connectivity index (χ0) is 20.0. The summed E-state index contributed by atoms with van der Waals surface area (Å²) in [5, 5.41) is 11.3. The molecule has 0 heterocycles. The molecule has 0 aliphatic heterocycles. The van der Waals surface area contributed by atoms with Crippen molar-refractivity contribution in [3.8, 4) is 6.07 Å². The predicted octanol–water partition coefficient (Wildman–Crippen LogP) is 2.63. The van der Waals surface area contributed by atoms with Crippen LogP contribution in [0.4, 0.5) is 14.5 Å². The summed E-state index contributed by atoms with van der Waals surface area (Å²) >= 11 is 0. The van der Waals surface area contributed by atoms with Crippen molar-refractivity contribution >= 4 is 21.4 Å². The molecule has 0 aliphatic carbocycles. The highest BCUT2D eigenvalue weighted by Crippen LogP contribution is 2.26. The summed E-state index contributed by atoms with van der Waals surface area (Å²) < 4.78 is 49.0. The highest BCUT2D eigenvalue weighted by molar-refractivity contribution is 7.91. The van der Waals surface area contributed by atoms with E-state index in [4.69, 9.17) is 5.26 Å². The van der Waals surface area contributed by atoms with Gasteiger partial charge in [0.15, 0.2) is 0 Å². The Morgan fingerprint density at radius 2 is 1.93 bits per heavy atom. The summed E-state index contributed by atoms with van der Waals surface area (Å²) in [7, 11) is -3.16. The molecule has 0 bridgehead atoms. The number of alkyl halides is 2. The zero-order valence-corrected chi connectivity index (χ0v) is 15.2. The van der Waals surface area contributed by atoms with Crippen LogP contribution in [0.15, 0.2) is 53.4 Å². The third-order valence-electron chi connectivity index (χ3n) is 3.62. The van der Waals surface area contributed by atoms with Gasteiger partial charge in [-0.2, -0.15) is 14.0 Å². The van der Waals surface area contributed by atoms with Crippen molar-refractivity contribution in [2.24, 2.45) is 0 Å². The van der Waals surface area contributed by atoms with Crippen LogP contribution < -0.4 is 5.32 Å². The van der Waals surface area contributed by atoms with Crippen LogP contribution in [0.3, 0.4) is 0 Å². The maximum Gasteiger partial charge on any atom is 0.341 e. The summed E-state index contributed by atoms with van der Waals surface area (Å²) in [6, 6.07) is 13.9. The van der Waals surface area contributed by atoms with E-state index in [2.05, 4.69) is 5.32 Å². The molecule has 1 N–H and O–H groups in total. The van der Waals surface area contributed by atoms with E-state index in [0.717, 1.165) is 11.6 Å². The van der Waals surface area contributed by atoms with Gasteiger partial charge >= 0.3 is 5.76 Å². The Morgan fingerprint density at radius 1 is 1.22 bits per heavy atom. The summed E-state index contributed by atoms with van der Waals surface area (Å²) in [4.78, 5) is 13.2. The van der Waals surface area contributed by atoms with Gasteiger partial charge in [-0.25, -0.2) is 8.42 Å². The topological polar surface area (TPSA) is 90.3 Å². The van der Waals surface area contributed by atoms with Crippen LogP contribution in [-0.2, 0) is 21.2 Å². The van der Waals surface area contributed by atoms with E-state index in [1.165, 1.54) is 18.2 Å². The number of hydrogen-bond acceptors (Lipinski definition) is 5. The van der Waals surface area contributed by atoms with Crippen LogP contribution >= 0.6 is 0 Å². The molecule has 2 rings (SSSR count). The summed E-state index contributed by atoms with van der Waals surface area (Å²) in [5.74, 6) is -4.13. The van der Waals surface area contributed by atoms with Gasteiger partial charge in [0.2, 0.25) is 15.7 Å². The van der Waals surface area contributed by atoms with Crippen molar-refractivity contribution in [3.05, 3.63) is 59.7 Å². The number of benzene rings is 2. The molecule has 0 spiro atoms. The van der Waals surface area contributed by atoms with Crippen LogP contribution in [0, 0.1) is 11.3 Å². The number of likely N-dealkylation sites (N-methyl/N-ethyl adjacent to an activating group) is 1. The van der Waals surface area contributed by atoms with Crippen molar-refractivity contribution in [1.29, 1.82) is 5.26 Å². The third-order valence-corrected chi connectivity index (χ3v) is 5.06. The molecule has 0 unspecified atom stereocenters. The number of carbonyl (C=O) groups excluding carboxylic acids is 1. The molecule has 2 aromatic rings. The second-order valence-corrected chi connectivity index (χ2v) is 7.72. The van der Waals surface area contributed by atoms with E-state index < -0.39 is 26.4 Å². The predicted molar refractivity (Wildman–Crippen MR) is 95.8 cm³/mol. The molecular weight excluding hydrogens is 376 g/mol. The highest BCUT2D eigenvalue weighted by Gasteiger charge is 2.29. The first kappa shape index (κ1) is 20.5. The number of rotatable bonds is 7. The van der Waals surface area contributed by atoms with Gasteiger partial charge in [-0.15, -0.1) is 0 Å². The molecule has 0 saturated carbocycles. The Kier molecular flexibility index (Phi) is 6.60. The van der Waals surface area contributed by atoms with Crippen LogP contribution in [0.5, 0.6) is 0 Å². The van der Waals surface area contributed by atoms with E-state index in [1.54, 1.807) is 36.2 Å². The average Bonchev–Trinajstić information content (AvgIpc) is 2.61. The fourth-order valence-corrected chi connectivity index (χ4v) is 3.34. The molecule has 0 atom stereocenters. The summed E-state index contributed by atoms with van der Waals surface area (Å²) in [6.07, 6.45) is 0. The molecule has 142 valence electrons. The molecule has 1 amide bonds. The van der Waals surface area contributed by atoms with Gasteiger partial charge in [0.25, 0.3) is 0 Å². The fourth-order valence-electron chi connectivity index (χ4n) is 2.46. The van der Waals surface area contributed by atoms with Crippen molar-refractivity contribution < 1.29 is 22.0 Å². The van der Waals surface area contributed by atoms with Crippen molar-refractivity contribution in [2.45, 2.75) is 17.2 Å². The number of sulfone groups is 1. The smallest absolute Gasteiger partial charge is 0.324 e. The lowest BCUT2D eigenvalue weighted by atomic mass is 10.1. The number of anilines is 1. The standard InChI is InChI=1S/C18H17F2N3O3S/c1-23(11-14-6-4-5-13(9-14)10-21)12-17(24)22-15-7-2-3-8-16(15)27(25,26)18(19)20/h2-9,18H,11-12H2,1H3,(H,22,24). The highest BCUT2D eigenvalue weighted by atomic mass is 32.2. The minimum Gasteiger partial charge on any atom is -0.324 e. The first-order valence-corrected chi connectivity index (χ1v) is 9.37. The number of nitriles is 1. The Morgan fingerprint density at radius 3 is 2.59 bits per heavy atom. The van der Waals surface area contributed by atoms with Crippen molar-refractivity contribution in [3.63, 3.8) is 0 Å². The quantitative estimate of drug-likeness (QED) is 0.781. The van der Waals surface area contributed by atoms with Gasteiger partial charge in [0.1, 0.15) is 0 Å². The lowest BCUT2D eigenvalue weighted by Crippen LogP contribution is -2.30. The average molecular weight is 393 g/mol. The largest absolute Gasteiger partial charge is 0.341 e. The number of para-hydroxylation sites is 1. The first-order valence-electron chi connectivity index (χ1n) is 7.82. The van der Waals surface area contributed by atoms with Gasteiger partial charge in [-0.05, 0) is 36.9 Å². The Hall–Kier alpha value is -2.83. The number of carbonyl (C=O) groups is 1. The van der Waals surface area contributed by atoms with Crippen molar-refractivity contribution in [1.82, 2.24) is 4.90 Å². The van der Waals surface area contributed by atoms with E-state index in [1.807, 2.05) is 6.07 Å². The normalized spacial score (nSPS) is 11.4. The maximum absolute atomic E-state index is 12.8. The van der Waals surface area contributed by atoms with E-state index in [9.17, 15) is 22.0 Å². The summed E-state index contributed by atoms with van der Waals surface area (Å²) in [5.41, 5.74) is 1.13. The molecule has 0 saturated heterocycles. The Labute approximate surface area is 155 Å². The third kappa shape index (κ3) is 5.32. The molecular formula is C18H17F2N3O3S.